The standard InChI is InChI=1S/C18H26N2O3/c1-17(2,3)15(21)19-14-8-6-13(7-9-14)12-20-16(22)18(4,5)10-11-23-20/h6-9H,10-12H2,1-5H3,(H,19,21). The minimum absolute atomic E-state index is 0.00821. The van der Waals surface area contributed by atoms with Gasteiger partial charge in [0.15, 0.2) is 0 Å². The van der Waals surface area contributed by atoms with Crippen molar-refractivity contribution >= 4 is 17.5 Å². The molecular weight excluding hydrogens is 292 g/mol. The summed E-state index contributed by atoms with van der Waals surface area (Å²) >= 11 is 0. The lowest BCUT2D eigenvalue weighted by atomic mass is 9.87. The lowest BCUT2D eigenvalue weighted by Gasteiger charge is -2.36. The lowest BCUT2D eigenvalue weighted by Crippen LogP contribution is -2.45. The van der Waals surface area contributed by atoms with Gasteiger partial charge in [0.1, 0.15) is 0 Å². The molecule has 0 unspecified atom stereocenters. The molecule has 2 rings (SSSR count). The van der Waals surface area contributed by atoms with E-state index in [1.165, 1.54) is 5.06 Å². The molecule has 1 aromatic rings. The first-order valence-electron chi connectivity index (χ1n) is 7.95. The number of benzene rings is 1. The third-order valence-electron chi connectivity index (χ3n) is 4.00. The first-order chi connectivity index (χ1) is 10.6. The number of hydrogen-bond donors (Lipinski definition) is 1. The third-order valence-corrected chi connectivity index (χ3v) is 4.00. The fourth-order valence-corrected chi connectivity index (χ4v) is 2.21. The van der Waals surface area contributed by atoms with E-state index in [1.807, 2.05) is 58.9 Å². The van der Waals surface area contributed by atoms with Crippen LogP contribution in [0, 0.1) is 10.8 Å². The molecule has 0 atom stereocenters. The van der Waals surface area contributed by atoms with Gasteiger partial charge in [-0.15, -0.1) is 0 Å². The zero-order valence-electron chi connectivity index (χ0n) is 14.6. The molecule has 1 aliphatic rings. The molecule has 1 aliphatic heterocycles. The molecule has 0 bridgehead atoms. The minimum Gasteiger partial charge on any atom is -0.326 e. The highest BCUT2D eigenvalue weighted by molar-refractivity contribution is 5.94. The van der Waals surface area contributed by atoms with E-state index in [4.69, 9.17) is 4.84 Å². The molecule has 23 heavy (non-hydrogen) atoms. The fourth-order valence-electron chi connectivity index (χ4n) is 2.21. The second-order valence-electron chi connectivity index (χ2n) is 7.71. The topological polar surface area (TPSA) is 58.6 Å². The predicted molar refractivity (Wildman–Crippen MR) is 89.4 cm³/mol. The van der Waals surface area contributed by atoms with E-state index in [2.05, 4.69) is 5.32 Å². The van der Waals surface area contributed by atoms with Crippen molar-refractivity contribution in [3.8, 4) is 0 Å². The van der Waals surface area contributed by atoms with Gasteiger partial charge in [0.2, 0.25) is 5.91 Å². The number of anilines is 1. The average molecular weight is 318 g/mol. The van der Waals surface area contributed by atoms with Crippen LogP contribution in [0.4, 0.5) is 5.69 Å². The van der Waals surface area contributed by atoms with Crippen LogP contribution in [0.3, 0.4) is 0 Å². The van der Waals surface area contributed by atoms with Crippen LogP contribution >= 0.6 is 0 Å². The molecule has 1 N–H and O–H groups in total. The SMILES string of the molecule is CC(C)(C)C(=O)Nc1ccc(CN2OCCC(C)(C)C2=O)cc1. The maximum atomic E-state index is 12.3. The molecule has 0 spiro atoms. The van der Waals surface area contributed by atoms with Crippen molar-refractivity contribution in [2.24, 2.45) is 10.8 Å². The minimum atomic E-state index is -0.432. The van der Waals surface area contributed by atoms with Gasteiger partial charge in [-0.1, -0.05) is 46.8 Å². The summed E-state index contributed by atoms with van der Waals surface area (Å²) in [6, 6.07) is 7.49. The largest absolute Gasteiger partial charge is 0.326 e. The van der Waals surface area contributed by atoms with Gasteiger partial charge in [-0.05, 0) is 24.1 Å². The zero-order chi connectivity index (χ0) is 17.3. The summed E-state index contributed by atoms with van der Waals surface area (Å²) in [6.07, 6.45) is 0.736. The number of carbonyl (C=O) groups is 2. The summed E-state index contributed by atoms with van der Waals surface area (Å²) in [5.41, 5.74) is 0.904. The van der Waals surface area contributed by atoms with Gasteiger partial charge in [0, 0.05) is 16.5 Å². The molecule has 1 saturated heterocycles. The van der Waals surface area contributed by atoms with Crippen molar-refractivity contribution in [1.82, 2.24) is 5.06 Å². The van der Waals surface area contributed by atoms with E-state index in [1.54, 1.807) is 0 Å². The maximum Gasteiger partial charge on any atom is 0.252 e. The second-order valence-corrected chi connectivity index (χ2v) is 7.71. The van der Waals surface area contributed by atoms with Crippen molar-refractivity contribution in [1.29, 1.82) is 0 Å². The van der Waals surface area contributed by atoms with E-state index >= 15 is 0 Å². The van der Waals surface area contributed by atoms with Gasteiger partial charge in [-0.2, -0.15) is 0 Å². The Balaban J connectivity index is 2.00. The van der Waals surface area contributed by atoms with Crippen molar-refractivity contribution in [2.45, 2.75) is 47.6 Å². The molecule has 5 nitrogen and oxygen atoms in total. The fraction of sp³-hybridized carbons (Fsp3) is 0.556. The van der Waals surface area contributed by atoms with Crippen molar-refractivity contribution in [3.63, 3.8) is 0 Å². The van der Waals surface area contributed by atoms with Crippen LogP contribution in [-0.4, -0.2) is 23.5 Å². The van der Waals surface area contributed by atoms with Crippen LogP contribution < -0.4 is 5.32 Å². The Labute approximate surface area is 138 Å². The van der Waals surface area contributed by atoms with Gasteiger partial charge in [-0.3, -0.25) is 14.4 Å². The molecule has 126 valence electrons. The van der Waals surface area contributed by atoms with E-state index in [0.717, 1.165) is 17.7 Å². The summed E-state index contributed by atoms with van der Waals surface area (Å²) in [4.78, 5) is 29.8. The molecule has 5 heteroatoms. The summed E-state index contributed by atoms with van der Waals surface area (Å²) < 4.78 is 0. The quantitative estimate of drug-likeness (QED) is 0.929. The first kappa shape index (κ1) is 17.5. The number of amides is 2. The van der Waals surface area contributed by atoms with Gasteiger partial charge in [0.25, 0.3) is 5.91 Å². The van der Waals surface area contributed by atoms with Crippen molar-refractivity contribution in [2.75, 3.05) is 11.9 Å². The van der Waals surface area contributed by atoms with Gasteiger partial charge in [0.05, 0.1) is 13.2 Å². The van der Waals surface area contributed by atoms with E-state index in [0.29, 0.717) is 13.2 Å². The Morgan fingerprint density at radius 1 is 1.26 bits per heavy atom. The normalized spacial score (nSPS) is 18.0. The summed E-state index contributed by atoms with van der Waals surface area (Å²) in [7, 11) is 0. The number of nitrogens with zero attached hydrogens (tertiary/aromatic N) is 1. The molecular formula is C18H26N2O3. The Kier molecular flexibility index (Phi) is 4.80. The molecule has 0 saturated carbocycles. The molecule has 1 heterocycles. The Morgan fingerprint density at radius 3 is 2.43 bits per heavy atom. The molecule has 1 aromatic carbocycles. The Hall–Kier alpha value is -1.88. The van der Waals surface area contributed by atoms with E-state index < -0.39 is 5.41 Å². The smallest absolute Gasteiger partial charge is 0.252 e. The maximum absolute atomic E-state index is 12.3. The van der Waals surface area contributed by atoms with Gasteiger partial charge < -0.3 is 5.32 Å². The molecule has 1 fully saturated rings. The third kappa shape index (κ3) is 4.32. The van der Waals surface area contributed by atoms with Crippen LogP contribution in [0.1, 0.15) is 46.6 Å². The predicted octanol–water partition coefficient (Wildman–Crippen LogP) is 3.36. The zero-order valence-corrected chi connectivity index (χ0v) is 14.6. The number of nitrogens with one attached hydrogen (secondary N) is 1. The van der Waals surface area contributed by atoms with E-state index in [-0.39, 0.29) is 17.2 Å². The molecule has 0 radical (unpaired) electrons. The van der Waals surface area contributed by atoms with Crippen LogP contribution in [0.15, 0.2) is 24.3 Å². The molecule has 2 amide bonds. The molecule has 0 aromatic heterocycles. The number of hydrogen-bond acceptors (Lipinski definition) is 3. The number of rotatable bonds is 3. The van der Waals surface area contributed by atoms with Crippen LogP contribution in [0.2, 0.25) is 0 Å². The summed E-state index contributed by atoms with van der Waals surface area (Å²) in [6.45, 7) is 10.5. The monoisotopic (exact) mass is 318 g/mol. The summed E-state index contributed by atoms with van der Waals surface area (Å²) in [5.74, 6) is -0.0181. The summed E-state index contributed by atoms with van der Waals surface area (Å²) in [5, 5.41) is 4.32. The lowest BCUT2D eigenvalue weighted by molar-refractivity contribution is -0.218. The highest BCUT2D eigenvalue weighted by atomic mass is 16.7. The number of hydroxylamine groups is 2. The van der Waals surface area contributed by atoms with Crippen molar-refractivity contribution < 1.29 is 14.4 Å². The first-order valence-corrected chi connectivity index (χ1v) is 7.95. The number of carbonyl (C=O) groups excluding carboxylic acids is 2. The van der Waals surface area contributed by atoms with Crippen LogP contribution in [0.5, 0.6) is 0 Å². The van der Waals surface area contributed by atoms with Crippen LogP contribution in [-0.2, 0) is 21.0 Å². The Morgan fingerprint density at radius 2 is 1.87 bits per heavy atom. The highest BCUT2D eigenvalue weighted by Gasteiger charge is 2.36. The van der Waals surface area contributed by atoms with Gasteiger partial charge >= 0.3 is 0 Å². The van der Waals surface area contributed by atoms with Crippen molar-refractivity contribution in [3.05, 3.63) is 29.8 Å². The highest BCUT2D eigenvalue weighted by Crippen LogP contribution is 2.29. The molecule has 0 aliphatic carbocycles. The Bertz CT molecular complexity index is 585. The van der Waals surface area contributed by atoms with Crippen LogP contribution in [0.25, 0.3) is 0 Å². The average Bonchev–Trinajstić information content (AvgIpc) is 2.45. The van der Waals surface area contributed by atoms with E-state index in [9.17, 15) is 9.59 Å². The second kappa shape index (κ2) is 6.32. The van der Waals surface area contributed by atoms with Gasteiger partial charge in [-0.25, -0.2) is 5.06 Å².